The molecule has 0 heterocycles. The van der Waals surface area contributed by atoms with E-state index in [1.54, 1.807) is 13.0 Å². The minimum Gasteiger partial charge on any atom is -0.355 e. The number of carbonyl (C=O) groups excluding carboxylic acids is 2. The number of hydrogen-bond donors (Lipinski definition) is 1. The molecule has 0 saturated heterocycles. The summed E-state index contributed by atoms with van der Waals surface area (Å²) in [6.45, 7) is 1.71. The molecule has 0 rings (SSSR count). The van der Waals surface area contributed by atoms with Gasteiger partial charge in [-0.15, -0.1) is 0 Å². The highest BCUT2D eigenvalue weighted by Gasteiger charge is 2.04. The Morgan fingerprint density at radius 2 is 2.20 bits per heavy atom. The lowest BCUT2D eigenvalue weighted by atomic mass is 10.5. The molecule has 0 aromatic rings. The second-order valence-corrected chi connectivity index (χ2v) is 2.31. The fourth-order valence-corrected chi connectivity index (χ4v) is 0.877. The van der Waals surface area contributed by atoms with E-state index in [9.17, 15) is 9.59 Å². The minimum absolute atomic E-state index is 0.223. The molecule has 10 heavy (non-hydrogen) atoms. The highest BCUT2D eigenvalue weighted by atomic mass is 32.2. The molecular formula is C6H9NO2S. The first-order chi connectivity index (χ1) is 4.76. The number of allylic oxidation sites excluding steroid dienone is 1. The molecule has 0 saturated carbocycles. The summed E-state index contributed by atoms with van der Waals surface area (Å²) in [5.74, 6) is -0.223. The zero-order chi connectivity index (χ0) is 7.98. The van der Waals surface area contributed by atoms with E-state index < -0.39 is 0 Å². The van der Waals surface area contributed by atoms with E-state index in [1.165, 1.54) is 7.05 Å². The van der Waals surface area contributed by atoms with Crippen LogP contribution in [0, 0.1) is 0 Å². The first-order valence-corrected chi connectivity index (χ1v) is 3.63. The van der Waals surface area contributed by atoms with E-state index in [0.29, 0.717) is 10.5 Å². The van der Waals surface area contributed by atoms with Crippen LogP contribution in [0.5, 0.6) is 0 Å². The van der Waals surface area contributed by atoms with Crippen molar-refractivity contribution in [2.45, 2.75) is 6.92 Å². The Bertz CT molecular complexity index is 165. The second kappa shape index (κ2) is 5.05. The lowest BCUT2D eigenvalue weighted by Crippen LogP contribution is -2.18. The molecule has 0 bridgehead atoms. The van der Waals surface area contributed by atoms with Gasteiger partial charge in [-0.05, 0) is 18.7 Å². The van der Waals surface area contributed by atoms with E-state index in [-0.39, 0.29) is 5.91 Å². The molecule has 0 aliphatic rings. The van der Waals surface area contributed by atoms with Crippen LogP contribution in [0.2, 0.25) is 0 Å². The average Bonchev–Trinajstić information content (AvgIpc) is 1.99. The second-order valence-electron chi connectivity index (χ2n) is 1.45. The molecule has 1 amide bonds. The molecule has 0 unspecified atom stereocenters. The fourth-order valence-electron chi connectivity index (χ4n) is 0.428. The van der Waals surface area contributed by atoms with Gasteiger partial charge >= 0.3 is 0 Å². The molecule has 0 aliphatic carbocycles. The van der Waals surface area contributed by atoms with Crippen LogP contribution in [0.1, 0.15) is 6.92 Å². The van der Waals surface area contributed by atoms with Crippen molar-refractivity contribution in [3.63, 3.8) is 0 Å². The smallest absolute Gasteiger partial charge is 0.257 e. The lowest BCUT2D eigenvalue weighted by Gasteiger charge is -1.97. The van der Waals surface area contributed by atoms with Crippen LogP contribution >= 0.6 is 11.8 Å². The van der Waals surface area contributed by atoms with Crippen molar-refractivity contribution in [3.8, 4) is 0 Å². The molecule has 0 atom stereocenters. The maximum Gasteiger partial charge on any atom is 0.257 e. The van der Waals surface area contributed by atoms with Gasteiger partial charge in [0, 0.05) is 7.05 Å². The van der Waals surface area contributed by atoms with Crippen LogP contribution in [-0.4, -0.2) is 18.6 Å². The van der Waals surface area contributed by atoms with Gasteiger partial charge in [-0.25, -0.2) is 0 Å². The van der Waals surface area contributed by atoms with Crippen LogP contribution in [0.25, 0.3) is 0 Å². The highest BCUT2D eigenvalue weighted by Crippen LogP contribution is 2.10. The number of likely N-dealkylation sites (N-methyl/N-ethyl adjacent to an activating group) is 1. The van der Waals surface area contributed by atoms with E-state index in [4.69, 9.17) is 0 Å². The summed E-state index contributed by atoms with van der Waals surface area (Å²) in [6, 6.07) is 0. The zero-order valence-corrected chi connectivity index (χ0v) is 6.70. The maximum atomic E-state index is 10.8. The number of hydrogen-bond acceptors (Lipinski definition) is 3. The Hall–Kier alpha value is -0.770. The summed E-state index contributed by atoms with van der Waals surface area (Å²) < 4.78 is 0. The van der Waals surface area contributed by atoms with Crippen LogP contribution in [-0.2, 0) is 9.59 Å². The van der Waals surface area contributed by atoms with Gasteiger partial charge in [-0.1, -0.05) is 6.08 Å². The van der Waals surface area contributed by atoms with Gasteiger partial charge in [0.2, 0.25) is 0 Å². The zero-order valence-electron chi connectivity index (χ0n) is 5.88. The summed E-state index contributed by atoms with van der Waals surface area (Å²) >= 11 is 0.878. The van der Waals surface area contributed by atoms with Crippen molar-refractivity contribution in [3.05, 3.63) is 11.0 Å². The first kappa shape index (κ1) is 9.23. The molecule has 0 aromatic heterocycles. The number of rotatable bonds is 3. The van der Waals surface area contributed by atoms with E-state index in [0.717, 1.165) is 11.8 Å². The third-order valence-electron chi connectivity index (χ3n) is 0.888. The van der Waals surface area contributed by atoms with Gasteiger partial charge < -0.3 is 5.32 Å². The number of carbonyl (C=O) groups is 2. The summed E-state index contributed by atoms with van der Waals surface area (Å²) in [5.41, 5.74) is 0.630. The normalized spacial score (nSPS) is 10.8. The third kappa shape index (κ3) is 2.68. The molecule has 0 aliphatic heterocycles. The van der Waals surface area contributed by atoms with Crippen molar-refractivity contribution < 1.29 is 9.59 Å². The summed E-state index contributed by atoms with van der Waals surface area (Å²) in [7, 11) is 1.52. The number of amides is 1. The maximum absolute atomic E-state index is 10.8. The van der Waals surface area contributed by atoms with Crippen molar-refractivity contribution in [1.82, 2.24) is 5.32 Å². The van der Waals surface area contributed by atoms with Crippen molar-refractivity contribution >= 4 is 23.3 Å². The summed E-state index contributed by atoms with van der Waals surface area (Å²) in [6.07, 6.45) is 1.60. The van der Waals surface area contributed by atoms with Gasteiger partial charge in [0.15, 0.2) is 5.62 Å². The van der Waals surface area contributed by atoms with Gasteiger partial charge in [-0.3, -0.25) is 9.59 Å². The first-order valence-electron chi connectivity index (χ1n) is 2.75. The Morgan fingerprint density at radius 1 is 1.60 bits per heavy atom. The van der Waals surface area contributed by atoms with E-state index in [2.05, 4.69) is 5.32 Å². The fraction of sp³-hybridized carbons (Fsp3) is 0.333. The van der Waals surface area contributed by atoms with Gasteiger partial charge in [-0.2, -0.15) is 0 Å². The Kier molecular flexibility index (Phi) is 4.66. The molecule has 1 N–H and O–H groups in total. The molecule has 0 aromatic carbocycles. The Labute approximate surface area is 63.9 Å². The Balaban J connectivity index is 4.08. The predicted molar refractivity (Wildman–Crippen MR) is 42.2 cm³/mol. The van der Waals surface area contributed by atoms with Gasteiger partial charge in [0.25, 0.3) is 5.91 Å². The largest absolute Gasteiger partial charge is 0.355 e. The molecule has 56 valence electrons. The molecule has 4 heteroatoms. The molecule has 0 radical (unpaired) electrons. The average molecular weight is 159 g/mol. The summed E-state index contributed by atoms with van der Waals surface area (Å²) in [5, 5.41) is 2.41. The van der Waals surface area contributed by atoms with Crippen molar-refractivity contribution in [1.29, 1.82) is 0 Å². The van der Waals surface area contributed by atoms with Crippen LogP contribution in [0.15, 0.2) is 11.0 Å². The van der Waals surface area contributed by atoms with E-state index in [1.807, 2.05) is 0 Å². The SMILES string of the molecule is C/C=C(\SC=O)C(=O)NC. The molecule has 3 nitrogen and oxygen atoms in total. The van der Waals surface area contributed by atoms with Gasteiger partial charge in [0.1, 0.15) is 0 Å². The third-order valence-corrected chi connectivity index (χ3v) is 1.66. The summed E-state index contributed by atoms with van der Waals surface area (Å²) in [4.78, 5) is 21.1. The van der Waals surface area contributed by atoms with Crippen LogP contribution < -0.4 is 5.32 Å². The van der Waals surface area contributed by atoms with Gasteiger partial charge in [0.05, 0.1) is 4.91 Å². The standard InChI is InChI=1S/C6H9NO2S/c1-3-5(10-4-8)6(9)7-2/h3-4H,1-2H3,(H,7,9)/b5-3-. The number of nitrogens with one attached hydrogen (secondary N) is 1. The minimum atomic E-state index is -0.223. The van der Waals surface area contributed by atoms with Crippen molar-refractivity contribution in [2.24, 2.45) is 0 Å². The molecular weight excluding hydrogens is 150 g/mol. The van der Waals surface area contributed by atoms with Crippen molar-refractivity contribution in [2.75, 3.05) is 7.05 Å². The monoisotopic (exact) mass is 159 g/mol. The van der Waals surface area contributed by atoms with Crippen LogP contribution in [0.3, 0.4) is 0 Å². The predicted octanol–water partition coefficient (Wildman–Crippen LogP) is 0.560. The quantitative estimate of drug-likeness (QED) is 0.483. The lowest BCUT2D eigenvalue weighted by molar-refractivity contribution is -0.116. The highest BCUT2D eigenvalue weighted by molar-refractivity contribution is 8.16. The van der Waals surface area contributed by atoms with Crippen LogP contribution in [0.4, 0.5) is 0 Å². The molecule has 0 spiro atoms. The Morgan fingerprint density at radius 3 is 2.50 bits per heavy atom. The van der Waals surface area contributed by atoms with E-state index >= 15 is 0 Å². The molecule has 0 fully saturated rings. The topological polar surface area (TPSA) is 46.2 Å². The number of thioether (sulfide) groups is 1.